The van der Waals surface area contributed by atoms with Crippen LogP contribution in [0.1, 0.15) is 19.5 Å². The van der Waals surface area contributed by atoms with Crippen LogP contribution in [0.25, 0.3) is 11.1 Å². The van der Waals surface area contributed by atoms with E-state index in [4.69, 9.17) is 9.05 Å². The second kappa shape index (κ2) is 12.9. The van der Waals surface area contributed by atoms with Crippen LogP contribution in [0.15, 0.2) is 121 Å². The Morgan fingerprint density at radius 2 is 0.643 bits per heavy atom. The molecule has 0 saturated heterocycles. The van der Waals surface area contributed by atoms with Crippen LogP contribution in [0.4, 0.5) is 0 Å². The summed E-state index contributed by atoms with van der Waals surface area (Å²) in [6, 6.07) is 42.4. The summed E-state index contributed by atoms with van der Waals surface area (Å²) in [6.45, 7) is 8.77. The maximum atomic E-state index is 7.15. The monoisotopic (exact) mass is 622 g/mol. The Balaban J connectivity index is 1.47. The average Bonchev–Trinajstić information content (AvgIpc) is 3.46. The molecule has 4 aromatic carbocycles. The molecular weight excluding hydrogens is 590 g/mol. The van der Waals surface area contributed by atoms with E-state index in [1.54, 1.807) is 22.7 Å². The predicted octanol–water partition coefficient (Wildman–Crippen LogP) is 9.56. The molecule has 210 valence electrons. The Morgan fingerprint density at radius 3 is 0.905 bits per heavy atom. The fourth-order valence-corrected chi connectivity index (χ4v) is 10.8. The van der Waals surface area contributed by atoms with Crippen LogP contribution in [-0.2, 0) is 0 Å². The van der Waals surface area contributed by atoms with E-state index >= 15 is 0 Å². The van der Waals surface area contributed by atoms with E-state index in [1.165, 1.54) is 40.7 Å². The molecule has 0 aliphatic carbocycles. The summed E-state index contributed by atoms with van der Waals surface area (Å²) in [5, 5.41) is 4.78. The molecule has 0 N–H and O–H groups in total. The third kappa shape index (κ3) is 5.96. The van der Waals surface area contributed by atoms with Crippen molar-refractivity contribution in [3.05, 3.63) is 141 Å². The van der Waals surface area contributed by atoms with Gasteiger partial charge in [-0.15, -0.1) is 22.7 Å². The predicted molar refractivity (Wildman–Crippen MR) is 186 cm³/mol. The van der Waals surface area contributed by atoms with Gasteiger partial charge in [0.25, 0.3) is 0 Å². The van der Waals surface area contributed by atoms with Crippen molar-refractivity contribution in [2.75, 3.05) is 0 Å². The van der Waals surface area contributed by atoms with Gasteiger partial charge < -0.3 is 9.05 Å². The molecular formula is C36H32O2P2S2. The van der Waals surface area contributed by atoms with Crippen LogP contribution in [-0.4, -0.2) is 0 Å². The topological polar surface area (TPSA) is 18.5 Å². The van der Waals surface area contributed by atoms with Gasteiger partial charge in [-0.2, -0.15) is 0 Å². The lowest BCUT2D eigenvalue weighted by Gasteiger charge is -2.23. The van der Waals surface area contributed by atoms with Crippen LogP contribution in [0, 0.1) is 27.7 Å². The van der Waals surface area contributed by atoms with Crippen LogP contribution >= 0.6 is 39.0 Å². The Labute approximate surface area is 259 Å². The highest BCUT2D eigenvalue weighted by atomic mass is 32.1. The molecule has 0 amide bonds. The molecule has 0 unspecified atom stereocenters. The molecule has 0 aliphatic rings. The lowest BCUT2D eigenvalue weighted by molar-refractivity contribution is 0.621. The summed E-state index contributed by atoms with van der Waals surface area (Å²) in [4.78, 5) is 4.86. The SMILES string of the molecule is Cc1sc(C)c(-c2c(C)sc(C)c2OP(c2ccccc2)c2ccccc2)c1OP(c1ccccc1)c1ccccc1. The van der Waals surface area contributed by atoms with Gasteiger partial charge in [0.05, 0.1) is 0 Å². The van der Waals surface area contributed by atoms with Crippen LogP contribution < -0.4 is 30.3 Å². The Hall–Kier alpha value is -3.26. The van der Waals surface area contributed by atoms with Gasteiger partial charge in [0.15, 0.2) is 16.3 Å². The van der Waals surface area contributed by atoms with E-state index in [1.807, 2.05) is 0 Å². The van der Waals surface area contributed by atoms with E-state index in [9.17, 15) is 0 Å². The number of benzene rings is 4. The van der Waals surface area contributed by atoms with E-state index in [-0.39, 0.29) is 0 Å². The Kier molecular flexibility index (Phi) is 8.89. The van der Waals surface area contributed by atoms with Crippen LogP contribution in [0.5, 0.6) is 11.5 Å². The van der Waals surface area contributed by atoms with Crippen molar-refractivity contribution in [2.45, 2.75) is 27.7 Å². The highest BCUT2D eigenvalue weighted by molar-refractivity contribution is 7.69. The van der Waals surface area contributed by atoms with Crippen molar-refractivity contribution >= 4 is 60.2 Å². The molecule has 2 heterocycles. The minimum atomic E-state index is -1.06. The minimum Gasteiger partial charge on any atom is -0.463 e. The second-order valence-corrected chi connectivity index (χ2v) is 16.4. The van der Waals surface area contributed by atoms with E-state index in [0.717, 1.165) is 22.6 Å². The highest BCUT2D eigenvalue weighted by Crippen LogP contribution is 2.55. The number of hydrogen-bond donors (Lipinski definition) is 0. The number of thiophene rings is 2. The summed E-state index contributed by atoms with van der Waals surface area (Å²) < 4.78 is 14.3. The maximum Gasteiger partial charge on any atom is 0.150 e. The molecule has 2 nitrogen and oxygen atoms in total. The molecule has 0 bridgehead atoms. The average molecular weight is 623 g/mol. The zero-order valence-electron chi connectivity index (χ0n) is 24.1. The molecule has 0 radical (unpaired) electrons. The normalized spacial score (nSPS) is 11.3. The summed E-state index contributed by atoms with van der Waals surface area (Å²) in [5.74, 6) is 1.93. The first kappa shape index (κ1) is 28.8. The van der Waals surface area contributed by atoms with Crippen LogP contribution in [0.3, 0.4) is 0 Å². The zero-order chi connectivity index (χ0) is 29.1. The summed E-state index contributed by atoms with van der Waals surface area (Å²) in [5.41, 5.74) is 2.31. The van der Waals surface area contributed by atoms with E-state index < -0.39 is 16.3 Å². The molecule has 0 fully saturated rings. The van der Waals surface area contributed by atoms with Crippen molar-refractivity contribution < 1.29 is 9.05 Å². The van der Waals surface area contributed by atoms with Crippen molar-refractivity contribution in [2.24, 2.45) is 0 Å². The van der Waals surface area contributed by atoms with E-state index in [0.29, 0.717) is 0 Å². The van der Waals surface area contributed by atoms with Crippen molar-refractivity contribution in [1.29, 1.82) is 0 Å². The second-order valence-electron chi connectivity index (χ2n) is 9.95. The smallest absolute Gasteiger partial charge is 0.150 e. The molecule has 6 rings (SSSR count). The fraction of sp³-hybridized carbons (Fsp3) is 0.111. The molecule has 0 saturated carbocycles. The largest absolute Gasteiger partial charge is 0.463 e. The van der Waals surface area contributed by atoms with E-state index in [2.05, 4.69) is 149 Å². The molecule has 42 heavy (non-hydrogen) atoms. The van der Waals surface area contributed by atoms with Gasteiger partial charge in [0.2, 0.25) is 0 Å². The molecule has 2 aromatic heterocycles. The molecule has 0 atom stereocenters. The van der Waals surface area contributed by atoms with Gasteiger partial charge in [-0.1, -0.05) is 121 Å². The summed E-state index contributed by atoms with van der Waals surface area (Å²) in [6.07, 6.45) is 0. The van der Waals surface area contributed by atoms with Crippen molar-refractivity contribution in [1.82, 2.24) is 0 Å². The zero-order valence-corrected chi connectivity index (χ0v) is 27.5. The first-order chi connectivity index (χ1) is 20.5. The van der Waals surface area contributed by atoms with Gasteiger partial charge in [0, 0.05) is 51.9 Å². The first-order valence-corrected chi connectivity index (χ1v) is 18.0. The van der Waals surface area contributed by atoms with Gasteiger partial charge in [0.1, 0.15) is 11.5 Å². The minimum absolute atomic E-state index is 0.964. The number of hydrogen-bond acceptors (Lipinski definition) is 4. The third-order valence-corrected chi connectivity index (χ3v) is 12.8. The Bertz CT molecular complexity index is 1550. The lowest BCUT2D eigenvalue weighted by Crippen LogP contribution is -2.16. The van der Waals surface area contributed by atoms with Crippen molar-refractivity contribution in [3.63, 3.8) is 0 Å². The molecule has 6 heteroatoms. The number of rotatable bonds is 9. The van der Waals surface area contributed by atoms with Crippen molar-refractivity contribution in [3.8, 4) is 22.6 Å². The van der Waals surface area contributed by atoms with Crippen LogP contribution in [0.2, 0.25) is 0 Å². The molecule has 6 aromatic rings. The van der Waals surface area contributed by atoms with Gasteiger partial charge in [-0.25, -0.2) is 0 Å². The Morgan fingerprint density at radius 1 is 0.381 bits per heavy atom. The fourth-order valence-electron chi connectivity index (χ4n) is 5.07. The molecule has 0 spiro atoms. The first-order valence-electron chi connectivity index (χ1n) is 13.9. The standard InChI is InChI=1S/C36H32O2P2S2/c1-25-33(35(27(3)41-25)37-39(29-17-9-5-10-18-29)30-19-11-6-12-20-30)34-26(2)42-28(4)36(34)38-40(31-21-13-7-14-22-31)32-23-15-8-16-24-32/h5-24H,1-4H3. The lowest BCUT2D eigenvalue weighted by atomic mass is 10.1. The summed E-state index contributed by atoms with van der Waals surface area (Å²) >= 11 is 3.60. The quantitative estimate of drug-likeness (QED) is 0.150. The van der Waals surface area contributed by atoms with Gasteiger partial charge in [-0.05, 0) is 27.7 Å². The number of aryl methyl sites for hydroxylation is 4. The third-order valence-electron chi connectivity index (χ3n) is 6.99. The summed E-state index contributed by atoms with van der Waals surface area (Å²) in [7, 11) is -2.13. The van der Waals surface area contributed by atoms with Gasteiger partial charge in [-0.3, -0.25) is 0 Å². The highest BCUT2D eigenvalue weighted by Gasteiger charge is 2.30. The maximum absolute atomic E-state index is 7.15. The molecule has 0 aliphatic heterocycles. The van der Waals surface area contributed by atoms with Gasteiger partial charge >= 0.3 is 0 Å².